The zero-order chi connectivity index (χ0) is 13.9. The van der Waals surface area contributed by atoms with Gasteiger partial charge in [-0.15, -0.1) is 0 Å². The zero-order valence-corrected chi connectivity index (χ0v) is 13.0. The number of anilines is 1. The average Bonchev–Trinajstić information content (AvgIpc) is 2.47. The number of benzene rings is 1. The fourth-order valence-electron chi connectivity index (χ4n) is 3.03. The number of nitrogens with zero attached hydrogens (tertiary/aromatic N) is 1. The quantitative estimate of drug-likeness (QED) is 0.891. The maximum Gasteiger partial charge on any atom is 0.161 e. The van der Waals surface area contributed by atoms with Gasteiger partial charge in [-0.2, -0.15) is 0 Å². The van der Waals surface area contributed by atoms with Crippen molar-refractivity contribution in [2.75, 3.05) is 18.2 Å². The molecule has 1 aliphatic heterocycles. The molecule has 1 aliphatic carbocycles. The van der Waals surface area contributed by atoms with Gasteiger partial charge in [-0.3, -0.25) is 4.99 Å². The van der Waals surface area contributed by atoms with Gasteiger partial charge >= 0.3 is 0 Å². The van der Waals surface area contributed by atoms with Crippen LogP contribution in [0, 0.1) is 12.8 Å². The molecule has 0 amide bonds. The van der Waals surface area contributed by atoms with E-state index in [0.29, 0.717) is 6.04 Å². The number of amidine groups is 1. The second-order valence-electron chi connectivity index (χ2n) is 5.69. The van der Waals surface area contributed by atoms with Crippen molar-refractivity contribution in [3.63, 3.8) is 0 Å². The van der Waals surface area contributed by atoms with Crippen LogP contribution < -0.4 is 10.1 Å². The van der Waals surface area contributed by atoms with Crippen LogP contribution >= 0.6 is 11.8 Å². The third-order valence-corrected chi connectivity index (χ3v) is 5.26. The Morgan fingerprint density at radius 1 is 1.30 bits per heavy atom. The van der Waals surface area contributed by atoms with Gasteiger partial charge in [-0.25, -0.2) is 0 Å². The molecule has 0 aromatic heterocycles. The number of rotatable bonds is 2. The molecule has 0 bridgehead atoms. The number of methoxy groups -OCH3 is 1. The van der Waals surface area contributed by atoms with E-state index in [0.717, 1.165) is 22.5 Å². The van der Waals surface area contributed by atoms with Gasteiger partial charge in [-0.05, 0) is 43.4 Å². The van der Waals surface area contributed by atoms with E-state index in [1.54, 1.807) is 7.11 Å². The lowest BCUT2D eigenvalue weighted by atomic mass is 9.86. The van der Waals surface area contributed by atoms with E-state index in [2.05, 4.69) is 24.4 Å². The average molecular weight is 290 g/mol. The Hall–Kier alpha value is -1.16. The molecule has 3 rings (SSSR count). The van der Waals surface area contributed by atoms with Crippen molar-refractivity contribution in [2.24, 2.45) is 10.9 Å². The predicted molar refractivity (Wildman–Crippen MR) is 87.0 cm³/mol. The lowest BCUT2D eigenvalue weighted by Crippen LogP contribution is -2.31. The second kappa shape index (κ2) is 6.08. The van der Waals surface area contributed by atoms with E-state index in [-0.39, 0.29) is 0 Å². The van der Waals surface area contributed by atoms with Gasteiger partial charge < -0.3 is 10.1 Å². The maximum atomic E-state index is 5.42. The van der Waals surface area contributed by atoms with Crippen molar-refractivity contribution in [1.29, 1.82) is 0 Å². The van der Waals surface area contributed by atoms with Crippen LogP contribution in [-0.2, 0) is 0 Å². The smallest absolute Gasteiger partial charge is 0.161 e. The molecule has 108 valence electrons. The molecule has 0 saturated heterocycles. The minimum atomic E-state index is 0.531. The minimum Gasteiger partial charge on any atom is -0.495 e. The normalized spacial score (nSPS) is 25.6. The largest absolute Gasteiger partial charge is 0.495 e. The van der Waals surface area contributed by atoms with Crippen molar-refractivity contribution >= 4 is 22.6 Å². The Morgan fingerprint density at radius 3 is 3.00 bits per heavy atom. The summed E-state index contributed by atoms with van der Waals surface area (Å²) in [6.07, 6.45) is 5.31. The van der Waals surface area contributed by atoms with Crippen LogP contribution in [0.15, 0.2) is 23.2 Å². The van der Waals surface area contributed by atoms with Crippen LogP contribution in [0.1, 0.15) is 31.2 Å². The SMILES string of the molecule is COc1ccc(C)cc1NC1=NC2CCCCC2CS1. The van der Waals surface area contributed by atoms with Crippen LogP contribution in [-0.4, -0.2) is 24.1 Å². The summed E-state index contributed by atoms with van der Waals surface area (Å²) in [5.41, 5.74) is 2.25. The van der Waals surface area contributed by atoms with E-state index in [9.17, 15) is 0 Å². The monoisotopic (exact) mass is 290 g/mol. The van der Waals surface area contributed by atoms with Gasteiger partial charge in [0.05, 0.1) is 18.8 Å². The highest BCUT2D eigenvalue weighted by molar-refractivity contribution is 8.14. The molecule has 1 fully saturated rings. The van der Waals surface area contributed by atoms with Gasteiger partial charge in [0.1, 0.15) is 5.75 Å². The topological polar surface area (TPSA) is 33.6 Å². The molecule has 1 N–H and O–H groups in total. The van der Waals surface area contributed by atoms with E-state index in [1.807, 2.05) is 17.8 Å². The number of nitrogens with one attached hydrogen (secondary N) is 1. The first-order valence-corrected chi connectivity index (χ1v) is 8.37. The zero-order valence-electron chi connectivity index (χ0n) is 12.2. The number of hydrogen-bond donors (Lipinski definition) is 1. The van der Waals surface area contributed by atoms with Gasteiger partial charge in [0.2, 0.25) is 0 Å². The highest BCUT2D eigenvalue weighted by atomic mass is 32.2. The molecule has 1 aromatic carbocycles. The highest BCUT2D eigenvalue weighted by Gasteiger charge is 2.29. The summed E-state index contributed by atoms with van der Waals surface area (Å²) in [4.78, 5) is 4.92. The van der Waals surface area contributed by atoms with E-state index >= 15 is 0 Å². The van der Waals surface area contributed by atoms with Gasteiger partial charge in [0.25, 0.3) is 0 Å². The molecule has 0 radical (unpaired) electrons. The Labute approximate surface area is 125 Å². The molecule has 1 aromatic rings. The van der Waals surface area contributed by atoms with Crippen LogP contribution in [0.5, 0.6) is 5.75 Å². The Bertz CT molecular complexity index is 515. The number of aryl methyl sites for hydroxylation is 1. The lowest BCUT2D eigenvalue weighted by molar-refractivity contribution is 0.336. The van der Waals surface area contributed by atoms with Gasteiger partial charge in [-0.1, -0.05) is 30.7 Å². The Kier molecular flexibility index (Phi) is 4.20. The number of ether oxygens (including phenoxy) is 1. The molecule has 4 heteroatoms. The van der Waals surface area contributed by atoms with Gasteiger partial charge in [0, 0.05) is 5.75 Å². The molecule has 1 saturated carbocycles. The molecule has 3 nitrogen and oxygen atoms in total. The van der Waals surface area contributed by atoms with Crippen molar-refractivity contribution in [3.05, 3.63) is 23.8 Å². The third-order valence-electron chi connectivity index (χ3n) is 4.18. The highest BCUT2D eigenvalue weighted by Crippen LogP contribution is 2.35. The summed E-state index contributed by atoms with van der Waals surface area (Å²) in [6, 6.07) is 6.73. The molecule has 2 atom stereocenters. The molecule has 1 heterocycles. The first-order valence-electron chi connectivity index (χ1n) is 7.38. The lowest BCUT2D eigenvalue weighted by Gasteiger charge is -2.32. The Morgan fingerprint density at radius 2 is 2.15 bits per heavy atom. The van der Waals surface area contributed by atoms with Crippen LogP contribution in [0.2, 0.25) is 0 Å². The van der Waals surface area contributed by atoms with Gasteiger partial charge in [0.15, 0.2) is 5.17 Å². The summed E-state index contributed by atoms with van der Waals surface area (Å²) in [5, 5.41) is 4.52. The summed E-state index contributed by atoms with van der Waals surface area (Å²) < 4.78 is 5.42. The first-order chi connectivity index (χ1) is 9.76. The van der Waals surface area contributed by atoms with E-state index in [4.69, 9.17) is 9.73 Å². The first kappa shape index (κ1) is 13.8. The summed E-state index contributed by atoms with van der Waals surface area (Å²) in [5.74, 6) is 2.87. The molecule has 0 spiro atoms. The number of aliphatic imine (C=N–C) groups is 1. The molecule has 2 unspecified atom stereocenters. The maximum absolute atomic E-state index is 5.42. The number of thioether (sulfide) groups is 1. The van der Waals surface area contributed by atoms with E-state index in [1.165, 1.54) is 37.0 Å². The summed E-state index contributed by atoms with van der Waals surface area (Å²) >= 11 is 1.85. The summed E-state index contributed by atoms with van der Waals surface area (Å²) in [7, 11) is 1.71. The Balaban J connectivity index is 1.77. The fraction of sp³-hybridized carbons (Fsp3) is 0.562. The minimum absolute atomic E-state index is 0.531. The van der Waals surface area contributed by atoms with Crippen molar-refractivity contribution in [3.8, 4) is 5.75 Å². The molecule has 2 aliphatic rings. The fourth-order valence-corrected chi connectivity index (χ4v) is 4.18. The number of fused-ring (bicyclic) bond motifs is 1. The molecule has 20 heavy (non-hydrogen) atoms. The van der Waals surface area contributed by atoms with Crippen molar-refractivity contribution < 1.29 is 4.74 Å². The van der Waals surface area contributed by atoms with E-state index < -0.39 is 0 Å². The standard InChI is InChI=1S/C16H22N2OS/c1-11-7-8-15(19-2)14(9-11)18-16-17-13-6-4-3-5-12(13)10-20-16/h7-9,12-13H,3-6,10H2,1-2H3,(H,17,18). The number of hydrogen-bond acceptors (Lipinski definition) is 4. The van der Waals surface area contributed by atoms with Crippen LogP contribution in [0.25, 0.3) is 0 Å². The van der Waals surface area contributed by atoms with Crippen LogP contribution in [0.3, 0.4) is 0 Å². The third kappa shape index (κ3) is 2.95. The molecular formula is C16H22N2OS. The molecular weight excluding hydrogens is 268 g/mol. The van der Waals surface area contributed by atoms with Crippen molar-refractivity contribution in [2.45, 2.75) is 38.6 Å². The van der Waals surface area contributed by atoms with Crippen LogP contribution in [0.4, 0.5) is 5.69 Å². The van der Waals surface area contributed by atoms with Crippen molar-refractivity contribution in [1.82, 2.24) is 0 Å². The predicted octanol–water partition coefficient (Wildman–Crippen LogP) is 4.08. The summed E-state index contributed by atoms with van der Waals surface area (Å²) in [6.45, 7) is 2.09. The second-order valence-corrected chi connectivity index (χ2v) is 6.69.